The summed E-state index contributed by atoms with van der Waals surface area (Å²) in [6.45, 7) is 3.41. The number of carbonyl (C=O) groups excluding carboxylic acids is 1. The molecule has 1 aromatic carbocycles. The lowest BCUT2D eigenvalue weighted by Crippen LogP contribution is -2.48. The third kappa shape index (κ3) is 3.40. The van der Waals surface area contributed by atoms with Gasteiger partial charge in [0, 0.05) is 43.9 Å². The van der Waals surface area contributed by atoms with Crippen LogP contribution < -0.4 is 0 Å². The van der Waals surface area contributed by atoms with Gasteiger partial charge in [-0.1, -0.05) is 17.7 Å². The van der Waals surface area contributed by atoms with Gasteiger partial charge in [0.25, 0.3) is 5.91 Å². The van der Waals surface area contributed by atoms with E-state index in [2.05, 4.69) is 15.1 Å². The molecule has 0 radical (unpaired) electrons. The normalized spacial score (nSPS) is 15.5. The summed E-state index contributed by atoms with van der Waals surface area (Å²) in [5.74, 6) is -0.334. The number of nitrogens with zero attached hydrogens (tertiary/aromatic N) is 5. The van der Waals surface area contributed by atoms with E-state index in [1.807, 2.05) is 4.90 Å². The van der Waals surface area contributed by atoms with Gasteiger partial charge in [0.05, 0.1) is 5.56 Å². The zero-order valence-corrected chi connectivity index (χ0v) is 14.7. The van der Waals surface area contributed by atoms with E-state index in [0.717, 1.165) is 18.7 Å². The lowest BCUT2D eigenvalue weighted by Gasteiger charge is -2.35. The minimum atomic E-state index is -0.334. The van der Waals surface area contributed by atoms with Gasteiger partial charge in [-0.25, -0.2) is 4.39 Å². The van der Waals surface area contributed by atoms with E-state index in [9.17, 15) is 9.18 Å². The predicted molar refractivity (Wildman–Crippen MR) is 95.6 cm³/mol. The molecule has 3 aromatic rings. The van der Waals surface area contributed by atoms with Gasteiger partial charge in [-0.05, 0) is 29.8 Å². The first-order valence-electron chi connectivity index (χ1n) is 8.35. The van der Waals surface area contributed by atoms with Crippen LogP contribution in [0, 0.1) is 5.82 Å². The van der Waals surface area contributed by atoms with Crippen molar-refractivity contribution in [1.29, 1.82) is 0 Å². The third-order valence-electron chi connectivity index (χ3n) is 4.61. The topological polar surface area (TPSA) is 53.7 Å². The monoisotopic (exact) mass is 373 g/mol. The SMILES string of the molecule is O=C(c1ccc2nncn2c1)N1CCN(Cc2ccc(F)cc2Cl)CC1. The minimum Gasteiger partial charge on any atom is -0.336 e. The molecular formula is C18H17ClFN5O. The molecule has 0 unspecified atom stereocenters. The first kappa shape index (κ1) is 16.9. The van der Waals surface area contributed by atoms with Gasteiger partial charge < -0.3 is 4.90 Å². The lowest BCUT2D eigenvalue weighted by atomic mass is 10.1. The van der Waals surface area contributed by atoms with Crippen LogP contribution in [0.1, 0.15) is 15.9 Å². The lowest BCUT2D eigenvalue weighted by molar-refractivity contribution is 0.0628. The standard InChI is InChI=1S/C18H17ClFN5O/c19-16-9-15(20)3-1-13(16)10-23-5-7-24(8-6-23)18(26)14-2-4-17-22-21-12-25(17)11-14/h1-4,9,11-12H,5-8,10H2. The molecule has 26 heavy (non-hydrogen) atoms. The molecule has 3 heterocycles. The number of amides is 1. The number of halogens is 2. The maximum Gasteiger partial charge on any atom is 0.255 e. The van der Waals surface area contributed by atoms with Crippen molar-refractivity contribution in [2.24, 2.45) is 0 Å². The Hall–Kier alpha value is -2.51. The number of hydrogen-bond donors (Lipinski definition) is 0. The summed E-state index contributed by atoms with van der Waals surface area (Å²) < 4.78 is 14.9. The molecule has 1 aliphatic heterocycles. The van der Waals surface area contributed by atoms with E-state index in [1.165, 1.54) is 12.1 Å². The highest BCUT2D eigenvalue weighted by atomic mass is 35.5. The second-order valence-electron chi connectivity index (χ2n) is 6.32. The average molecular weight is 374 g/mol. The van der Waals surface area contributed by atoms with Crippen LogP contribution in [0.3, 0.4) is 0 Å². The van der Waals surface area contributed by atoms with Gasteiger partial charge >= 0.3 is 0 Å². The Morgan fingerprint density at radius 1 is 1.15 bits per heavy atom. The molecule has 0 bridgehead atoms. The van der Waals surface area contributed by atoms with Crippen LogP contribution in [0.4, 0.5) is 4.39 Å². The third-order valence-corrected chi connectivity index (χ3v) is 4.96. The van der Waals surface area contributed by atoms with Crippen molar-refractivity contribution in [1.82, 2.24) is 24.4 Å². The summed E-state index contributed by atoms with van der Waals surface area (Å²) >= 11 is 6.10. The Labute approximate surface area is 154 Å². The fourth-order valence-electron chi connectivity index (χ4n) is 3.14. The molecule has 1 saturated heterocycles. The van der Waals surface area contributed by atoms with Crippen LogP contribution in [-0.4, -0.2) is 56.5 Å². The number of pyridine rings is 1. The number of fused-ring (bicyclic) bond motifs is 1. The fourth-order valence-corrected chi connectivity index (χ4v) is 3.36. The number of carbonyl (C=O) groups is 1. The zero-order valence-electron chi connectivity index (χ0n) is 14.0. The largest absolute Gasteiger partial charge is 0.336 e. The quantitative estimate of drug-likeness (QED) is 0.707. The van der Waals surface area contributed by atoms with Crippen molar-refractivity contribution < 1.29 is 9.18 Å². The van der Waals surface area contributed by atoms with Crippen LogP contribution in [-0.2, 0) is 6.54 Å². The molecule has 2 aromatic heterocycles. The fraction of sp³-hybridized carbons (Fsp3) is 0.278. The van der Waals surface area contributed by atoms with Crippen LogP contribution in [0.5, 0.6) is 0 Å². The Kier molecular flexibility index (Phi) is 4.57. The number of hydrogen-bond acceptors (Lipinski definition) is 4. The Morgan fingerprint density at radius 2 is 1.96 bits per heavy atom. The summed E-state index contributed by atoms with van der Waals surface area (Å²) in [5, 5.41) is 8.20. The van der Waals surface area contributed by atoms with Crippen molar-refractivity contribution in [2.45, 2.75) is 6.54 Å². The highest BCUT2D eigenvalue weighted by Crippen LogP contribution is 2.20. The van der Waals surface area contributed by atoms with Crippen LogP contribution in [0.25, 0.3) is 5.65 Å². The van der Waals surface area contributed by atoms with Gasteiger partial charge in [0.2, 0.25) is 0 Å². The van der Waals surface area contributed by atoms with E-state index >= 15 is 0 Å². The van der Waals surface area contributed by atoms with Crippen molar-refractivity contribution in [3.8, 4) is 0 Å². The van der Waals surface area contributed by atoms with E-state index < -0.39 is 0 Å². The second kappa shape index (κ2) is 7.01. The van der Waals surface area contributed by atoms with Crippen molar-refractivity contribution in [3.63, 3.8) is 0 Å². The first-order chi connectivity index (χ1) is 12.6. The van der Waals surface area contributed by atoms with E-state index in [4.69, 9.17) is 11.6 Å². The number of piperazine rings is 1. The van der Waals surface area contributed by atoms with Crippen LogP contribution in [0.15, 0.2) is 42.9 Å². The maximum atomic E-state index is 13.2. The molecule has 0 atom stereocenters. The summed E-state index contributed by atoms with van der Waals surface area (Å²) in [7, 11) is 0. The van der Waals surface area contributed by atoms with Crippen LogP contribution >= 0.6 is 11.6 Å². The van der Waals surface area contributed by atoms with Gasteiger partial charge in [-0.2, -0.15) is 0 Å². The van der Waals surface area contributed by atoms with E-state index in [-0.39, 0.29) is 11.7 Å². The zero-order chi connectivity index (χ0) is 18.1. The summed E-state index contributed by atoms with van der Waals surface area (Å²) in [5.41, 5.74) is 2.22. The molecule has 0 spiro atoms. The molecule has 0 aliphatic carbocycles. The van der Waals surface area contributed by atoms with Gasteiger partial charge in [0.1, 0.15) is 12.1 Å². The average Bonchev–Trinajstić information content (AvgIpc) is 3.12. The summed E-state index contributed by atoms with van der Waals surface area (Å²) in [4.78, 5) is 16.8. The first-order valence-corrected chi connectivity index (χ1v) is 8.73. The second-order valence-corrected chi connectivity index (χ2v) is 6.73. The Balaban J connectivity index is 1.38. The predicted octanol–water partition coefficient (Wildman–Crippen LogP) is 2.48. The molecule has 8 heteroatoms. The van der Waals surface area contributed by atoms with Crippen molar-refractivity contribution in [2.75, 3.05) is 26.2 Å². The van der Waals surface area contributed by atoms with Crippen LogP contribution in [0.2, 0.25) is 5.02 Å². The Morgan fingerprint density at radius 3 is 2.73 bits per heavy atom. The molecule has 4 rings (SSSR count). The minimum absolute atomic E-state index is 0.0000598. The maximum absolute atomic E-state index is 13.2. The van der Waals surface area contributed by atoms with Crippen molar-refractivity contribution >= 4 is 23.2 Å². The Bertz CT molecular complexity index is 952. The number of benzene rings is 1. The van der Waals surface area contributed by atoms with Gasteiger partial charge in [0.15, 0.2) is 5.65 Å². The molecule has 1 aliphatic rings. The van der Waals surface area contributed by atoms with Gasteiger partial charge in [-0.3, -0.25) is 14.1 Å². The molecular weight excluding hydrogens is 357 g/mol. The molecule has 6 nitrogen and oxygen atoms in total. The summed E-state index contributed by atoms with van der Waals surface area (Å²) in [6.07, 6.45) is 3.33. The molecule has 0 N–H and O–H groups in total. The molecule has 134 valence electrons. The molecule has 1 amide bonds. The molecule has 1 fully saturated rings. The molecule has 0 saturated carbocycles. The number of rotatable bonds is 3. The highest BCUT2D eigenvalue weighted by molar-refractivity contribution is 6.31. The van der Waals surface area contributed by atoms with E-state index in [0.29, 0.717) is 35.9 Å². The van der Waals surface area contributed by atoms with E-state index in [1.54, 1.807) is 35.1 Å². The summed E-state index contributed by atoms with van der Waals surface area (Å²) in [6, 6.07) is 8.02. The van der Waals surface area contributed by atoms with Crippen molar-refractivity contribution in [3.05, 3.63) is 64.8 Å². The van der Waals surface area contributed by atoms with Gasteiger partial charge in [-0.15, -0.1) is 10.2 Å². The number of aromatic nitrogens is 3. The highest BCUT2D eigenvalue weighted by Gasteiger charge is 2.23. The smallest absolute Gasteiger partial charge is 0.255 e.